The first kappa shape index (κ1) is 9.20. The van der Waals surface area contributed by atoms with Gasteiger partial charge in [0.05, 0.1) is 5.60 Å². The fraction of sp³-hybridized carbons (Fsp3) is 0.909. The molecule has 1 saturated heterocycles. The van der Waals surface area contributed by atoms with Gasteiger partial charge in [0.25, 0.3) is 0 Å². The fourth-order valence-electron chi connectivity index (χ4n) is 2.40. The van der Waals surface area contributed by atoms with Crippen LogP contribution in [0, 0.1) is 11.8 Å². The lowest BCUT2D eigenvalue weighted by Gasteiger charge is -2.16. The minimum Gasteiger partial charge on any atom is -0.365 e. The summed E-state index contributed by atoms with van der Waals surface area (Å²) in [6.07, 6.45) is 5.84. The van der Waals surface area contributed by atoms with Crippen molar-refractivity contribution < 1.29 is 9.53 Å². The van der Waals surface area contributed by atoms with Gasteiger partial charge in [-0.05, 0) is 38.5 Å². The van der Waals surface area contributed by atoms with E-state index in [9.17, 15) is 4.79 Å². The highest BCUT2D eigenvalue weighted by Gasteiger charge is 2.42. The number of ether oxygens (including phenoxy) is 1. The maximum atomic E-state index is 10.8. The van der Waals surface area contributed by atoms with Crippen LogP contribution in [0.15, 0.2) is 0 Å². The van der Waals surface area contributed by atoms with Gasteiger partial charge in [0.2, 0.25) is 0 Å². The Hall–Kier alpha value is -0.370. The summed E-state index contributed by atoms with van der Waals surface area (Å²) in [5.74, 6) is 1.38. The standard InChI is InChI=1S/C11H18O2/c1-11(2)6-9(5-8-3-4-8)10(7-12)13-11/h7-10H,3-6H2,1-2H3. The molecule has 1 aliphatic heterocycles. The summed E-state index contributed by atoms with van der Waals surface area (Å²) >= 11 is 0. The molecule has 2 rings (SSSR count). The van der Waals surface area contributed by atoms with Gasteiger partial charge in [-0.15, -0.1) is 0 Å². The minimum atomic E-state index is -0.129. The maximum absolute atomic E-state index is 10.8. The van der Waals surface area contributed by atoms with Crippen LogP contribution in [-0.2, 0) is 9.53 Å². The van der Waals surface area contributed by atoms with E-state index in [-0.39, 0.29) is 11.7 Å². The third-order valence-corrected chi connectivity index (χ3v) is 3.14. The third kappa shape index (κ3) is 2.11. The van der Waals surface area contributed by atoms with Crippen LogP contribution in [0.4, 0.5) is 0 Å². The molecule has 0 aromatic carbocycles. The SMILES string of the molecule is CC1(C)CC(CC2CC2)C(C=O)O1. The Morgan fingerprint density at radius 1 is 1.46 bits per heavy atom. The number of hydrogen-bond acceptors (Lipinski definition) is 2. The molecule has 0 N–H and O–H groups in total. The van der Waals surface area contributed by atoms with Gasteiger partial charge in [0.15, 0.2) is 0 Å². The molecule has 2 aliphatic rings. The van der Waals surface area contributed by atoms with Crippen LogP contribution in [0.1, 0.15) is 39.5 Å². The minimum absolute atomic E-state index is 0.0782. The van der Waals surface area contributed by atoms with E-state index in [4.69, 9.17) is 4.74 Å². The zero-order valence-electron chi connectivity index (χ0n) is 8.45. The molecule has 2 nitrogen and oxygen atoms in total. The first-order chi connectivity index (χ1) is 6.11. The average molecular weight is 182 g/mol. The zero-order chi connectivity index (χ0) is 9.47. The zero-order valence-corrected chi connectivity index (χ0v) is 8.45. The van der Waals surface area contributed by atoms with Gasteiger partial charge in [-0.1, -0.05) is 12.8 Å². The first-order valence-corrected chi connectivity index (χ1v) is 5.24. The molecule has 0 spiro atoms. The molecule has 1 aliphatic carbocycles. The van der Waals surface area contributed by atoms with Crippen molar-refractivity contribution in [3.8, 4) is 0 Å². The van der Waals surface area contributed by atoms with E-state index < -0.39 is 0 Å². The Kier molecular flexibility index (Phi) is 2.18. The van der Waals surface area contributed by atoms with Crippen molar-refractivity contribution in [1.29, 1.82) is 0 Å². The molecule has 0 aromatic heterocycles. The predicted octanol–water partition coefficient (Wildman–Crippen LogP) is 2.17. The molecule has 2 atom stereocenters. The summed E-state index contributed by atoms with van der Waals surface area (Å²) in [7, 11) is 0. The smallest absolute Gasteiger partial charge is 0.149 e. The topological polar surface area (TPSA) is 26.3 Å². The van der Waals surface area contributed by atoms with E-state index in [0.717, 1.165) is 18.6 Å². The third-order valence-electron chi connectivity index (χ3n) is 3.14. The van der Waals surface area contributed by atoms with E-state index in [2.05, 4.69) is 13.8 Å². The summed E-state index contributed by atoms with van der Waals surface area (Å²) in [5.41, 5.74) is -0.0782. The van der Waals surface area contributed by atoms with Crippen LogP contribution >= 0.6 is 0 Å². The number of rotatable bonds is 3. The summed E-state index contributed by atoms with van der Waals surface area (Å²) in [6.45, 7) is 4.16. The van der Waals surface area contributed by atoms with E-state index in [0.29, 0.717) is 5.92 Å². The van der Waals surface area contributed by atoms with E-state index in [1.165, 1.54) is 19.3 Å². The molecule has 2 fully saturated rings. The quantitative estimate of drug-likeness (QED) is 0.625. The van der Waals surface area contributed by atoms with Crippen molar-refractivity contribution >= 4 is 6.29 Å². The van der Waals surface area contributed by atoms with E-state index in [1.54, 1.807) is 0 Å². The van der Waals surface area contributed by atoms with Crippen LogP contribution in [0.25, 0.3) is 0 Å². The Bertz CT molecular complexity index is 206. The average Bonchev–Trinajstić information content (AvgIpc) is 2.77. The summed E-state index contributed by atoms with van der Waals surface area (Å²) < 4.78 is 5.67. The van der Waals surface area contributed by atoms with Crippen molar-refractivity contribution in [3.05, 3.63) is 0 Å². The predicted molar refractivity (Wildman–Crippen MR) is 50.5 cm³/mol. The number of carbonyl (C=O) groups excluding carboxylic acids is 1. The van der Waals surface area contributed by atoms with Gasteiger partial charge in [-0.25, -0.2) is 0 Å². The second-order valence-corrected chi connectivity index (χ2v) is 5.12. The Labute approximate surface area is 79.7 Å². The second-order valence-electron chi connectivity index (χ2n) is 5.12. The second kappa shape index (κ2) is 3.09. The Morgan fingerprint density at radius 2 is 2.15 bits per heavy atom. The highest BCUT2D eigenvalue weighted by molar-refractivity contribution is 5.57. The normalized spacial score (nSPS) is 37.7. The molecule has 1 heterocycles. The molecule has 1 saturated carbocycles. The van der Waals surface area contributed by atoms with Crippen LogP contribution in [-0.4, -0.2) is 18.0 Å². The molecule has 0 amide bonds. The van der Waals surface area contributed by atoms with Gasteiger partial charge in [-0.2, -0.15) is 0 Å². The first-order valence-electron chi connectivity index (χ1n) is 5.24. The Balaban J connectivity index is 1.95. The number of aldehydes is 1. The van der Waals surface area contributed by atoms with Gasteiger partial charge in [0, 0.05) is 0 Å². The molecule has 13 heavy (non-hydrogen) atoms. The van der Waals surface area contributed by atoms with Gasteiger partial charge in [0.1, 0.15) is 12.4 Å². The van der Waals surface area contributed by atoms with Gasteiger partial charge >= 0.3 is 0 Å². The van der Waals surface area contributed by atoms with Crippen molar-refractivity contribution in [2.45, 2.75) is 51.2 Å². The Morgan fingerprint density at radius 3 is 2.69 bits per heavy atom. The van der Waals surface area contributed by atoms with E-state index in [1.807, 2.05) is 0 Å². The lowest BCUT2D eigenvalue weighted by Crippen LogP contribution is -2.21. The van der Waals surface area contributed by atoms with Crippen LogP contribution < -0.4 is 0 Å². The fourth-order valence-corrected chi connectivity index (χ4v) is 2.40. The monoisotopic (exact) mass is 182 g/mol. The van der Waals surface area contributed by atoms with Crippen molar-refractivity contribution in [2.24, 2.45) is 11.8 Å². The molecule has 0 bridgehead atoms. The highest BCUT2D eigenvalue weighted by Crippen LogP contribution is 2.43. The van der Waals surface area contributed by atoms with E-state index >= 15 is 0 Å². The van der Waals surface area contributed by atoms with Crippen LogP contribution in [0.2, 0.25) is 0 Å². The molecular weight excluding hydrogens is 164 g/mol. The van der Waals surface area contributed by atoms with Crippen molar-refractivity contribution in [2.75, 3.05) is 0 Å². The summed E-state index contributed by atoms with van der Waals surface area (Å²) in [5, 5.41) is 0. The molecule has 0 aromatic rings. The lowest BCUT2D eigenvalue weighted by atomic mass is 9.90. The highest BCUT2D eigenvalue weighted by atomic mass is 16.5. The molecular formula is C11H18O2. The van der Waals surface area contributed by atoms with Gasteiger partial charge < -0.3 is 9.53 Å². The largest absolute Gasteiger partial charge is 0.365 e. The molecule has 2 heteroatoms. The van der Waals surface area contributed by atoms with Crippen molar-refractivity contribution in [1.82, 2.24) is 0 Å². The molecule has 2 unspecified atom stereocenters. The van der Waals surface area contributed by atoms with Crippen LogP contribution in [0.3, 0.4) is 0 Å². The number of hydrogen-bond donors (Lipinski definition) is 0. The molecule has 74 valence electrons. The number of carbonyl (C=O) groups is 1. The maximum Gasteiger partial charge on any atom is 0.149 e. The van der Waals surface area contributed by atoms with Gasteiger partial charge in [-0.3, -0.25) is 0 Å². The molecule has 0 radical (unpaired) electrons. The van der Waals surface area contributed by atoms with Crippen molar-refractivity contribution in [3.63, 3.8) is 0 Å². The summed E-state index contributed by atoms with van der Waals surface area (Å²) in [4.78, 5) is 10.8. The lowest BCUT2D eigenvalue weighted by molar-refractivity contribution is -0.122. The van der Waals surface area contributed by atoms with Crippen LogP contribution in [0.5, 0.6) is 0 Å². The summed E-state index contributed by atoms with van der Waals surface area (Å²) in [6, 6.07) is 0.